The van der Waals surface area contributed by atoms with Crippen molar-refractivity contribution in [1.82, 2.24) is 4.90 Å². The van der Waals surface area contributed by atoms with E-state index in [1.807, 2.05) is 20.8 Å². The van der Waals surface area contributed by atoms with E-state index >= 15 is 0 Å². The molecule has 0 spiro atoms. The summed E-state index contributed by atoms with van der Waals surface area (Å²) >= 11 is 0. The molecule has 2 bridgehead atoms. The number of rotatable bonds is 1. The fourth-order valence-electron chi connectivity index (χ4n) is 2.96. The van der Waals surface area contributed by atoms with Gasteiger partial charge in [0.2, 0.25) is 0 Å². The lowest BCUT2D eigenvalue weighted by atomic mass is 9.72. The highest BCUT2D eigenvalue weighted by Gasteiger charge is 2.46. The Morgan fingerprint density at radius 2 is 1.94 bits per heavy atom. The summed E-state index contributed by atoms with van der Waals surface area (Å²) < 4.78 is 5.37. The van der Waals surface area contributed by atoms with Crippen LogP contribution in [0.15, 0.2) is 0 Å². The van der Waals surface area contributed by atoms with Crippen LogP contribution in [0.1, 0.15) is 40.0 Å². The fourth-order valence-corrected chi connectivity index (χ4v) is 2.96. The number of aliphatic carboxylic acids is 1. The third-order valence-corrected chi connectivity index (χ3v) is 3.78. The minimum absolute atomic E-state index is 0.0333. The molecule has 3 fully saturated rings. The highest BCUT2D eigenvalue weighted by Crippen LogP contribution is 2.39. The van der Waals surface area contributed by atoms with Crippen molar-refractivity contribution in [1.29, 1.82) is 0 Å². The standard InChI is InChI=1S/C13H21NO4/c1-13(2,3)18-12(17)14-7-8-4-5-9(14)6-10(8)11(15)16/h8-10H,4-7H2,1-3H3,(H,15,16)/t8-,9-,10?/m1/s1. The summed E-state index contributed by atoms with van der Waals surface area (Å²) in [6.45, 7) is 6.05. The summed E-state index contributed by atoms with van der Waals surface area (Å²) in [6.07, 6.45) is 2.06. The molecular formula is C13H21NO4. The predicted molar refractivity (Wildman–Crippen MR) is 65.2 cm³/mol. The zero-order valence-corrected chi connectivity index (χ0v) is 11.2. The number of carbonyl (C=O) groups excluding carboxylic acids is 1. The van der Waals surface area contributed by atoms with Gasteiger partial charge in [0.25, 0.3) is 0 Å². The van der Waals surface area contributed by atoms with Crippen molar-refractivity contribution in [2.75, 3.05) is 6.54 Å². The predicted octanol–water partition coefficient (Wildman–Crippen LogP) is 2.11. The number of carboxylic acids is 1. The highest BCUT2D eigenvalue weighted by molar-refractivity contribution is 5.73. The lowest BCUT2D eigenvalue weighted by Crippen LogP contribution is -2.56. The zero-order valence-electron chi connectivity index (χ0n) is 11.2. The zero-order chi connectivity index (χ0) is 13.5. The topological polar surface area (TPSA) is 66.8 Å². The molecule has 18 heavy (non-hydrogen) atoms. The van der Waals surface area contributed by atoms with E-state index in [0.717, 1.165) is 12.8 Å². The monoisotopic (exact) mass is 255 g/mol. The Balaban J connectivity index is 2.02. The molecule has 1 N–H and O–H groups in total. The maximum Gasteiger partial charge on any atom is 0.410 e. The van der Waals surface area contributed by atoms with Crippen LogP contribution in [0.4, 0.5) is 4.79 Å². The van der Waals surface area contributed by atoms with Gasteiger partial charge in [-0.1, -0.05) is 0 Å². The van der Waals surface area contributed by atoms with Gasteiger partial charge in [0.05, 0.1) is 5.92 Å². The molecular weight excluding hydrogens is 234 g/mol. The van der Waals surface area contributed by atoms with E-state index in [4.69, 9.17) is 9.84 Å². The van der Waals surface area contributed by atoms with Crippen LogP contribution in [0.5, 0.6) is 0 Å². The first-order chi connectivity index (χ1) is 8.28. The number of fused-ring (bicyclic) bond motifs is 3. The minimum atomic E-state index is -0.728. The van der Waals surface area contributed by atoms with Gasteiger partial charge in [-0.15, -0.1) is 0 Å². The van der Waals surface area contributed by atoms with E-state index in [1.165, 1.54) is 0 Å². The summed E-state index contributed by atoms with van der Waals surface area (Å²) in [6, 6.07) is 0.0333. The fraction of sp³-hybridized carbons (Fsp3) is 0.846. The van der Waals surface area contributed by atoms with Crippen LogP contribution >= 0.6 is 0 Å². The van der Waals surface area contributed by atoms with Gasteiger partial charge < -0.3 is 14.7 Å². The van der Waals surface area contributed by atoms with Crippen LogP contribution in [0.3, 0.4) is 0 Å². The number of carbonyl (C=O) groups is 2. The Hall–Kier alpha value is -1.26. The summed E-state index contributed by atoms with van der Waals surface area (Å²) in [7, 11) is 0. The van der Waals surface area contributed by atoms with Gasteiger partial charge in [0, 0.05) is 12.6 Å². The molecule has 1 saturated carbocycles. The van der Waals surface area contributed by atoms with Gasteiger partial charge in [0.15, 0.2) is 0 Å². The van der Waals surface area contributed by atoms with Gasteiger partial charge in [-0.25, -0.2) is 4.79 Å². The number of ether oxygens (including phenoxy) is 1. The number of hydrogen-bond donors (Lipinski definition) is 1. The first-order valence-electron chi connectivity index (χ1n) is 6.50. The molecule has 5 heteroatoms. The molecule has 0 aromatic rings. The van der Waals surface area contributed by atoms with Gasteiger partial charge in [0.1, 0.15) is 5.60 Å². The van der Waals surface area contributed by atoms with Crippen molar-refractivity contribution in [3.05, 3.63) is 0 Å². The molecule has 1 amide bonds. The third kappa shape index (κ3) is 2.60. The van der Waals surface area contributed by atoms with Crippen LogP contribution in [0.25, 0.3) is 0 Å². The number of amides is 1. The molecule has 3 aliphatic rings. The molecule has 1 aliphatic carbocycles. The number of carboxylic acid groups (broad SMARTS) is 1. The van der Waals surface area contributed by atoms with Crippen molar-refractivity contribution < 1.29 is 19.4 Å². The number of nitrogens with zero attached hydrogens (tertiary/aromatic N) is 1. The Kier molecular flexibility index (Phi) is 3.25. The summed E-state index contributed by atoms with van der Waals surface area (Å²) in [4.78, 5) is 24.9. The van der Waals surface area contributed by atoms with Gasteiger partial charge >= 0.3 is 12.1 Å². The molecule has 2 saturated heterocycles. The Morgan fingerprint density at radius 3 is 2.39 bits per heavy atom. The lowest BCUT2D eigenvalue weighted by molar-refractivity contribution is -0.149. The van der Waals surface area contributed by atoms with Gasteiger partial charge in [-0.3, -0.25) is 4.79 Å². The van der Waals surface area contributed by atoms with Crippen molar-refractivity contribution in [3.8, 4) is 0 Å². The highest BCUT2D eigenvalue weighted by atomic mass is 16.6. The maximum absolute atomic E-state index is 12.0. The number of piperidine rings is 2. The summed E-state index contributed by atoms with van der Waals surface area (Å²) in [5, 5.41) is 9.14. The van der Waals surface area contributed by atoms with Crippen LogP contribution < -0.4 is 0 Å². The molecule has 3 rings (SSSR count). The Bertz CT molecular complexity index is 360. The molecule has 102 valence electrons. The average Bonchev–Trinajstić information content (AvgIpc) is 2.27. The van der Waals surface area contributed by atoms with Crippen molar-refractivity contribution in [2.24, 2.45) is 11.8 Å². The second kappa shape index (κ2) is 4.44. The number of hydrogen-bond acceptors (Lipinski definition) is 3. The second-order valence-electron chi connectivity index (χ2n) is 6.30. The summed E-state index contributed by atoms with van der Waals surface area (Å²) in [5.74, 6) is -0.934. The van der Waals surface area contributed by atoms with Crippen molar-refractivity contribution in [3.63, 3.8) is 0 Å². The first-order valence-corrected chi connectivity index (χ1v) is 6.50. The van der Waals surface area contributed by atoms with Crippen LogP contribution in [-0.2, 0) is 9.53 Å². The molecule has 0 radical (unpaired) electrons. The van der Waals surface area contributed by atoms with E-state index in [0.29, 0.717) is 13.0 Å². The maximum atomic E-state index is 12.0. The van der Waals surface area contributed by atoms with Crippen LogP contribution in [0, 0.1) is 11.8 Å². The molecule has 3 atom stereocenters. The van der Waals surface area contributed by atoms with Crippen molar-refractivity contribution in [2.45, 2.75) is 51.7 Å². The Morgan fingerprint density at radius 1 is 1.28 bits per heavy atom. The van der Waals surface area contributed by atoms with E-state index in [9.17, 15) is 9.59 Å². The van der Waals surface area contributed by atoms with Gasteiger partial charge in [-0.05, 0) is 46.0 Å². The quantitative estimate of drug-likeness (QED) is 0.779. The Labute approximate surface area is 107 Å². The van der Waals surface area contributed by atoms with E-state index < -0.39 is 11.6 Å². The molecule has 1 unspecified atom stereocenters. The lowest BCUT2D eigenvalue weighted by Gasteiger charge is -2.48. The first kappa shape index (κ1) is 13.2. The normalized spacial score (nSPS) is 31.3. The summed E-state index contributed by atoms with van der Waals surface area (Å²) in [5.41, 5.74) is -0.500. The van der Waals surface area contributed by atoms with Crippen LogP contribution in [-0.4, -0.2) is 40.3 Å². The van der Waals surface area contributed by atoms with E-state index in [2.05, 4.69) is 0 Å². The molecule has 0 aromatic carbocycles. The van der Waals surface area contributed by atoms with Crippen LogP contribution in [0.2, 0.25) is 0 Å². The third-order valence-electron chi connectivity index (χ3n) is 3.78. The molecule has 0 aromatic heterocycles. The second-order valence-corrected chi connectivity index (χ2v) is 6.30. The minimum Gasteiger partial charge on any atom is -0.481 e. The molecule has 2 heterocycles. The molecule has 5 nitrogen and oxygen atoms in total. The SMILES string of the molecule is CC(C)(C)OC(=O)N1C[C@H]2CC[C@@H]1CC2C(=O)O. The van der Waals surface area contributed by atoms with E-state index in [1.54, 1.807) is 4.90 Å². The largest absolute Gasteiger partial charge is 0.481 e. The van der Waals surface area contributed by atoms with E-state index in [-0.39, 0.29) is 24.0 Å². The van der Waals surface area contributed by atoms with Gasteiger partial charge in [-0.2, -0.15) is 0 Å². The van der Waals surface area contributed by atoms with Crippen molar-refractivity contribution >= 4 is 12.1 Å². The smallest absolute Gasteiger partial charge is 0.410 e. The average molecular weight is 255 g/mol. The molecule has 2 aliphatic heterocycles.